The Morgan fingerprint density at radius 2 is 2.00 bits per heavy atom. The van der Waals surface area contributed by atoms with Crippen molar-refractivity contribution in [2.24, 2.45) is 0 Å². The van der Waals surface area contributed by atoms with Gasteiger partial charge in [0.1, 0.15) is 5.76 Å². The van der Waals surface area contributed by atoms with Crippen LogP contribution in [0.1, 0.15) is 15.5 Å². The van der Waals surface area contributed by atoms with Gasteiger partial charge in [-0.25, -0.2) is 13.1 Å². The fourth-order valence-electron chi connectivity index (χ4n) is 1.59. The SMILES string of the molecule is CNS(=O)(=O)c1ccc(CNCc2ccc(C)s2)o1. The monoisotopic (exact) mass is 300 g/mol. The highest BCUT2D eigenvalue weighted by Crippen LogP contribution is 2.16. The van der Waals surface area contributed by atoms with Crippen molar-refractivity contribution >= 4 is 21.4 Å². The number of thiophene rings is 1. The molecule has 2 rings (SSSR count). The quantitative estimate of drug-likeness (QED) is 0.854. The van der Waals surface area contributed by atoms with Crippen LogP contribution < -0.4 is 10.0 Å². The fourth-order valence-corrected chi connectivity index (χ4v) is 3.11. The van der Waals surface area contributed by atoms with Crippen molar-refractivity contribution in [2.75, 3.05) is 7.05 Å². The van der Waals surface area contributed by atoms with Gasteiger partial charge >= 0.3 is 0 Å². The maximum Gasteiger partial charge on any atom is 0.273 e. The van der Waals surface area contributed by atoms with Crippen molar-refractivity contribution in [1.82, 2.24) is 10.0 Å². The van der Waals surface area contributed by atoms with Crippen LogP contribution in [0.15, 0.2) is 33.8 Å². The third-order valence-corrected chi connectivity index (χ3v) is 4.85. The summed E-state index contributed by atoms with van der Waals surface area (Å²) >= 11 is 1.74. The zero-order chi connectivity index (χ0) is 13.9. The largest absolute Gasteiger partial charge is 0.447 e. The van der Waals surface area contributed by atoms with Crippen LogP contribution in [0.4, 0.5) is 0 Å². The first-order valence-corrected chi connectivity index (χ1v) is 8.09. The number of rotatable bonds is 6. The molecule has 0 aliphatic heterocycles. The van der Waals surface area contributed by atoms with E-state index < -0.39 is 10.0 Å². The van der Waals surface area contributed by atoms with E-state index in [0.29, 0.717) is 12.3 Å². The third kappa shape index (κ3) is 3.66. The van der Waals surface area contributed by atoms with Crippen LogP contribution in [0, 0.1) is 6.92 Å². The lowest BCUT2D eigenvalue weighted by Crippen LogP contribution is -2.17. The van der Waals surface area contributed by atoms with Gasteiger partial charge in [0.2, 0.25) is 5.09 Å². The molecule has 0 aliphatic carbocycles. The van der Waals surface area contributed by atoms with E-state index in [2.05, 4.69) is 29.1 Å². The van der Waals surface area contributed by atoms with Gasteiger partial charge in [0.15, 0.2) is 0 Å². The maximum absolute atomic E-state index is 11.5. The Labute approximate surface area is 116 Å². The summed E-state index contributed by atoms with van der Waals surface area (Å²) in [6.07, 6.45) is 0. The first kappa shape index (κ1) is 14.3. The summed E-state index contributed by atoms with van der Waals surface area (Å²) in [5.41, 5.74) is 0. The molecule has 2 N–H and O–H groups in total. The Balaban J connectivity index is 1.90. The normalized spacial score (nSPS) is 11.9. The Hall–Kier alpha value is -1.15. The molecule has 0 saturated carbocycles. The van der Waals surface area contributed by atoms with Crippen LogP contribution in [0.2, 0.25) is 0 Å². The number of nitrogens with one attached hydrogen (secondary N) is 2. The van der Waals surface area contributed by atoms with Crippen molar-refractivity contribution in [3.05, 3.63) is 39.8 Å². The minimum absolute atomic E-state index is 0.0567. The highest BCUT2D eigenvalue weighted by molar-refractivity contribution is 7.89. The van der Waals surface area contributed by atoms with E-state index in [1.807, 2.05) is 0 Å². The standard InChI is InChI=1S/C12H16N2O3S2/c1-9-3-5-11(18-9)8-14-7-10-4-6-12(17-10)19(15,16)13-2/h3-6,13-14H,7-8H2,1-2H3. The predicted octanol–water partition coefficient (Wildman–Crippen LogP) is 1.85. The average molecular weight is 300 g/mol. The molecule has 0 spiro atoms. The van der Waals surface area contributed by atoms with Crippen molar-refractivity contribution < 1.29 is 12.8 Å². The van der Waals surface area contributed by atoms with Gasteiger partial charge in [-0.3, -0.25) is 0 Å². The molecule has 104 valence electrons. The lowest BCUT2D eigenvalue weighted by atomic mass is 10.4. The lowest BCUT2D eigenvalue weighted by molar-refractivity contribution is 0.400. The van der Waals surface area contributed by atoms with E-state index in [0.717, 1.165) is 6.54 Å². The smallest absolute Gasteiger partial charge is 0.273 e. The van der Waals surface area contributed by atoms with Gasteiger partial charge in [-0.15, -0.1) is 11.3 Å². The highest BCUT2D eigenvalue weighted by Gasteiger charge is 2.15. The fraction of sp³-hybridized carbons (Fsp3) is 0.333. The van der Waals surface area contributed by atoms with Crippen LogP contribution in [-0.2, 0) is 23.1 Å². The minimum atomic E-state index is -3.49. The highest BCUT2D eigenvalue weighted by atomic mass is 32.2. The predicted molar refractivity (Wildman–Crippen MR) is 74.6 cm³/mol. The molecule has 2 heterocycles. The second-order valence-electron chi connectivity index (χ2n) is 4.04. The number of aryl methyl sites for hydroxylation is 1. The molecule has 0 radical (unpaired) electrons. The second-order valence-corrected chi connectivity index (χ2v) is 7.23. The van der Waals surface area contributed by atoms with E-state index in [1.54, 1.807) is 17.4 Å². The Morgan fingerprint density at radius 1 is 1.21 bits per heavy atom. The van der Waals surface area contributed by atoms with Gasteiger partial charge in [0.05, 0.1) is 6.54 Å². The van der Waals surface area contributed by atoms with E-state index in [4.69, 9.17) is 4.42 Å². The zero-order valence-electron chi connectivity index (χ0n) is 10.8. The molecule has 0 amide bonds. The average Bonchev–Trinajstić information content (AvgIpc) is 2.99. The number of hydrogen-bond donors (Lipinski definition) is 2. The zero-order valence-corrected chi connectivity index (χ0v) is 12.4. The molecule has 2 aromatic rings. The van der Waals surface area contributed by atoms with Gasteiger partial charge in [-0.2, -0.15) is 0 Å². The molecule has 0 saturated heterocycles. The molecular weight excluding hydrogens is 284 g/mol. The minimum Gasteiger partial charge on any atom is -0.447 e. The van der Waals surface area contributed by atoms with Gasteiger partial charge < -0.3 is 9.73 Å². The van der Waals surface area contributed by atoms with Crippen LogP contribution in [0.25, 0.3) is 0 Å². The van der Waals surface area contributed by atoms with Crippen molar-refractivity contribution in [1.29, 1.82) is 0 Å². The molecule has 5 nitrogen and oxygen atoms in total. The van der Waals surface area contributed by atoms with Crippen LogP contribution in [0.5, 0.6) is 0 Å². The van der Waals surface area contributed by atoms with Gasteiger partial charge in [-0.05, 0) is 38.2 Å². The van der Waals surface area contributed by atoms with Gasteiger partial charge in [-0.1, -0.05) is 0 Å². The van der Waals surface area contributed by atoms with E-state index >= 15 is 0 Å². The summed E-state index contributed by atoms with van der Waals surface area (Å²) in [5, 5.41) is 3.16. The molecular formula is C12H16N2O3S2. The summed E-state index contributed by atoms with van der Waals surface area (Å²) in [6, 6.07) is 7.27. The molecule has 0 bridgehead atoms. The molecule has 0 unspecified atom stereocenters. The molecule has 7 heteroatoms. The molecule has 2 aromatic heterocycles. The molecule has 0 fully saturated rings. The van der Waals surface area contributed by atoms with Crippen molar-refractivity contribution in [3.8, 4) is 0 Å². The first-order chi connectivity index (χ1) is 9.01. The number of sulfonamides is 1. The summed E-state index contributed by atoms with van der Waals surface area (Å²) < 4.78 is 30.5. The number of furan rings is 1. The van der Waals surface area contributed by atoms with Crippen LogP contribution in [-0.4, -0.2) is 15.5 Å². The Kier molecular flexibility index (Phi) is 4.41. The lowest BCUT2D eigenvalue weighted by Gasteiger charge is -2.00. The van der Waals surface area contributed by atoms with E-state index in [-0.39, 0.29) is 5.09 Å². The summed E-state index contributed by atoms with van der Waals surface area (Å²) in [4.78, 5) is 2.52. The second kappa shape index (κ2) is 5.87. The van der Waals surface area contributed by atoms with Gasteiger partial charge in [0.25, 0.3) is 10.0 Å². The topological polar surface area (TPSA) is 71.3 Å². The van der Waals surface area contributed by atoms with Crippen LogP contribution >= 0.6 is 11.3 Å². The van der Waals surface area contributed by atoms with Gasteiger partial charge in [0, 0.05) is 16.3 Å². The molecule has 0 aromatic carbocycles. The Morgan fingerprint density at radius 3 is 2.63 bits per heavy atom. The van der Waals surface area contributed by atoms with E-state index in [9.17, 15) is 8.42 Å². The summed E-state index contributed by atoms with van der Waals surface area (Å²) in [5.74, 6) is 0.599. The van der Waals surface area contributed by atoms with Crippen LogP contribution in [0.3, 0.4) is 0 Å². The summed E-state index contributed by atoms with van der Waals surface area (Å²) in [6.45, 7) is 3.30. The molecule has 0 aliphatic rings. The third-order valence-electron chi connectivity index (χ3n) is 2.57. The maximum atomic E-state index is 11.5. The Bertz CT molecular complexity index is 643. The molecule has 0 atom stereocenters. The van der Waals surface area contributed by atoms with E-state index in [1.165, 1.54) is 22.9 Å². The first-order valence-electron chi connectivity index (χ1n) is 5.79. The summed E-state index contributed by atoms with van der Waals surface area (Å²) in [7, 11) is -2.14. The number of hydrogen-bond acceptors (Lipinski definition) is 5. The van der Waals surface area contributed by atoms with Crippen molar-refractivity contribution in [2.45, 2.75) is 25.1 Å². The molecule has 19 heavy (non-hydrogen) atoms. The van der Waals surface area contributed by atoms with Crippen molar-refractivity contribution in [3.63, 3.8) is 0 Å².